The Hall–Kier alpha value is -4.52. The number of aromatic nitrogens is 1. The number of carbonyl (C=O) groups excluding carboxylic acids is 2. The lowest BCUT2D eigenvalue weighted by molar-refractivity contribution is -0.132. The van der Waals surface area contributed by atoms with Gasteiger partial charge in [-0.3, -0.25) is 14.5 Å². The molecule has 1 amide bonds. The summed E-state index contributed by atoms with van der Waals surface area (Å²) in [7, 11) is 4.95. The van der Waals surface area contributed by atoms with Crippen LogP contribution in [0.1, 0.15) is 22.7 Å². The molecule has 3 aromatic carbocycles. The molecule has 0 spiro atoms. The number of nitrogens with zero attached hydrogens (tertiary/aromatic N) is 2. The van der Waals surface area contributed by atoms with Gasteiger partial charge >= 0.3 is 0 Å². The number of fused-ring (bicyclic) bond motifs is 1. The second-order valence-corrected chi connectivity index (χ2v) is 8.79. The van der Waals surface area contributed by atoms with Crippen LogP contribution in [0.4, 0.5) is 5.69 Å². The van der Waals surface area contributed by atoms with Crippen molar-refractivity contribution in [1.82, 2.24) is 4.57 Å². The van der Waals surface area contributed by atoms with E-state index in [-0.39, 0.29) is 11.3 Å². The summed E-state index contributed by atoms with van der Waals surface area (Å²) in [6.07, 6.45) is 1.90. The van der Waals surface area contributed by atoms with Crippen LogP contribution in [-0.2, 0) is 16.6 Å². The first-order valence-corrected chi connectivity index (χ1v) is 11.5. The quantitative estimate of drug-likeness (QED) is 0.242. The van der Waals surface area contributed by atoms with E-state index in [0.717, 1.165) is 22.0 Å². The van der Waals surface area contributed by atoms with Crippen LogP contribution in [0.25, 0.3) is 16.7 Å². The van der Waals surface area contributed by atoms with E-state index in [2.05, 4.69) is 0 Å². The number of ether oxygens (including phenoxy) is 2. The third-order valence-electron chi connectivity index (χ3n) is 6.61. The predicted molar refractivity (Wildman–Crippen MR) is 138 cm³/mol. The van der Waals surface area contributed by atoms with Gasteiger partial charge in [-0.15, -0.1) is 0 Å². The molecule has 0 bridgehead atoms. The number of benzene rings is 3. The summed E-state index contributed by atoms with van der Waals surface area (Å²) in [6, 6.07) is 19.2. The summed E-state index contributed by atoms with van der Waals surface area (Å²) in [4.78, 5) is 28.6. The number of hydrogen-bond acceptors (Lipinski definition) is 5. The molecule has 1 unspecified atom stereocenters. The minimum absolute atomic E-state index is 0.00285. The monoisotopic (exact) mass is 482 g/mol. The SMILES string of the molecule is COc1cccc(N2C(=O)C(=O)/C(=C(/O)c3cc(C)ccc3OC)C2c2cn(C)c3ccccc23)c1. The Kier molecular flexibility index (Phi) is 5.76. The van der Waals surface area contributed by atoms with Gasteiger partial charge in [0.2, 0.25) is 0 Å². The fourth-order valence-electron chi connectivity index (χ4n) is 4.90. The lowest BCUT2D eigenvalue weighted by Gasteiger charge is -2.25. The summed E-state index contributed by atoms with van der Waals surface area (Å²) >= 11 is 0. The lowest BCUT2D eigenvalue weighted by Crippen LogP contribution is -2.29. The van der Waals surface area contributed by atoms with Gasteiger partial charge in [-0.25, -0.2) is 0 Å². The number of para-hydroxylation sites is 1. The molecule has 0 radical (unpaired) electrons. The highest BCUT2D eigenvalue weighted by Crippen LogP contribution is 2.46. The van der Waals surface area contributed by atoms with Crippen LogP contribution < -0.4 is 14.4 Å². The maximum Gasteiger partial charge on any atom is 0.300 e. The summed E-state index contributed by atoms with van der Waals surface area (Å²) in [5.41, 5.74) is 3.39. The van der Waals surface area contributed by atoms with E-state index in [1.165, 1.54) is 12.0 Å². The molecule has 1 aromatic heterocycles. The first-order valence-electron chi connectivity index (χ1n) is 11.5. The van der Waals surface area contributed by atoms with Crippen LogP contribution in [0.2, 0.25) is 0 Å². The third kappa shape index (κ3) is 3.60. The van der Waals surface area contributed by atoms with Crippen LogP contribution in [0.15, 0.2) is 78.5 Å². The number of ketones is 1. The molecule has 1 aliphatic heterocycles. The number of aliphatic hydroxyl groups is 1. The second-order valence-electron chi connectivity index (χ2n) is 8.79. The molecular formula is C29H26N2O5. The van der Waals surface area contributed by atoms with Crippen LogP contribution in [-0.4, -0.2) is 35.6 Å². The van der Waals surface area contributed by atoms with Crippen molar-refractivity contribution >= 4 is 34.0 Å². The molecule has 5 rings (SSSR count). The van der Waals surface area contributed by atoms with Crippen LogP contribution >= 0.6 is 0 Å². The van der Waals surface area contributed by atoms with Gasteiger partial charge in [-0.2, -0.15) is 0 Å². The smallest absolute Gasteiger partial charge is 0.300 e. The van der Waals surface area contributed by atoms with Crippen molar-refractivity contribution in [3.05, 3.63) is 95.2 Å². The fourth-order valence-corrected chi connectivity index (χ4v) is 4.90. The molecule has 0 saturated carbocycles. The Morgan fingerprint density at radius 2 is 1.72 bits per heavy atom. The highest BCUT2D eigenvalue weighted by Gasteiger charge is 2.48. The average Bonchev–Trinajstić information content (AvgIpc) is 3.36. The molecule has 2 heterocycles. The van der Waals surface area contributed by atoms with E-state index < -0.39 is 17.7 Å². The summed E-state index contributed by atoms with van der Waals surface area (Å²) in [5.74, 6) is -0.822. The van der Waals surface area contributed by atoms with E-state index in [0.29, 0.717) is 22.7 Å². The Morgan fingerprint density at radius 1 is 0.944 bits per heavy atom. The number of methoxy groups -OCH3 is 2. The second kappa shape index (κ2) is 8.92. The minimum atomic E-state index is -0.867. The topological polar surface area (TPSA) is 81.0 Å². The number of aliphatic hydroxyl groups excluding tert-OH is 1. The number of anilines is 1. The molecule has 36 heavy (non-hydrogen) atoms. The zero-order valence-electron chi connectivity index (χ0n) is 20.5. The maximum atomic E-state index is 13.6. The van der Waals surface area contributed by atoms with Gasteiger partial charge in [-0.1, -0.05) is 35.9 Å². The Bertz CT molecular complexity index is 1550. The summed E-state index contributed by atoms with van der Waals surface area (Å²) in [6.45, 7) is 1.88. The van der Waals surface area contributed by atoms with Crippen molar-refractivity contribution in [2.45, 2.75) is 13.0 Å². The zero-order valence-corrected chi connectivity index (χ0v) is 20.5. The van der Waals surface area contributed by atoms with E-state index in [1.807, 2.05) is 55.1 Å². The van der Waals surface area contributed by atoms with E-state index in [1.54, 1.807) is 43.5 Å². The Morgan fingerprint density at radius 3 is 2.47 bits per heavy atom. The molecule has 1 N–H and O–H groups in total. The first kappa shape index (κ1) is 23.2. The van der Waals surface area contributed by atoms with Crippen LogP contribution in [0, 0.1) is 6.92 Å². The molecule has 0 aliphatic carbocycles. The van der Waals surface area contributed by atoms with Gasteiger partial charge in [0.05, 0.1) is 31.4 Å². The number of carbonyl (C=O) groups is 2. The molecule has 1 fully saturated rings. The van der Waals surface area contributed by atoms with Gasteiger partial charge in [0.15, 0.2) is 0 Å². The zero-order chi connectivity index (χ0) is 25.6. The molecule has 4 aromatic rings. The van der Waals surface area contributed by atoms with Crippen LogP contribution in [0.5, 0.6) is 11.5 Å². The maximum absolute atomic E-state index is 13.6. The van der Waals surface area contributed by atoms with E-state index in [9.17, 15) is 14.7 Å². The van der Waals surface area contributed by atoms with Gasteiger partial charge in [0, 0.05) is 41.5 Å². The largest absolute Gasteiger partial charge is 0.507 e. The van der Waals surface area contributed by atoms with Crippen molar-refractivity contribution in [2.24, 2.45) is 7.05 Å². The molecule has 182 valence electrons. The molecule has 7 nitrogen and oxygen atoms in total. The Balaban J connectivity index is 1.83. The highest BCUT2D eigenvalue weighted by atomic mass is 16.5. The average molecular weight is 483 g/mol. The molecule has 1 atom stereocenters. The minimum Gasteiger partial charge on any atom is -0.507 e. The van der Waals surface area contributed by atoms with Gasteiger partial charge in [-0.05, 0) is 37.3 Å². The summed E-state index contributed by atoms with van der Waals surface area (Å²) < 4.78 is 12.8. The van der Waals surface area contributed by atoms with Crippen molar-refractivity contribution in [2.75, 3.05) is 19.1 Å². The fraction of sp³-hybridized carbons (Fsp3) is 0.172. The van der Waals surface area contributed by atoms with Crippen molar-refractivity contribution in [1.29, 1.82) is 0 Å². The standard InChI is InChI=1S/C29H26N2O5/c1-17-12-13-24(36-4)21(14-17)27(32)25-26(22-16-30(2)23-11-6-5-10-20(22)23)31(29(34)28(25)33)18-8-7-9-19(15-18)35-3/h5-16,26,32H,1-4H3/b27-25+. The lowest BCUT2D eigenvalue weighted by atomic mass is 9.94. The van der Waals surface area contributed by atoms with Gasteiger partial charge in [0.1, 0.15) is 17.3 Å². The first-order chi connectivity index (χ1) is 17.3. The number of amides is 1. The molecular weight excluding hydrogens is 456 g/mol. The Labute approximate surface area is 208 Å². The highest BCUT2D eigenvalue weighted by molar-refractivity contribution is 6.52. The normalized spacial score (nSPS) is 17.1. The molecule has 7 heteroatoms. The van der Waals surface area contributed by atoms with Crippen molar-refractivity contribution in [3.8, 4) is 11.5 Å². The van der Waals surface area contributed by atoms with Gasteiger partial charge in [0.25, 0.3) is 11.7 Å². The summed E-state index contributed by atoms with van der Waals surface area (Å²) in [5, 5.41) is 12.5. The molecule has 1 aliphatic rings. The van der Waals surface area contributed by atoms with E-state index in [4.69, 9.17) is 9.47 Å². The predicted octanol–water partition coefficient (Wildman–Crippen LogP) is 5.13. The number of hydrogen-bond donors (Lipinski definition) is 1. The van der Waals surface area contributed by atoms with E-state index >= 15 is 0 Å². The van der Waals surface area contributed by atoms with Crippen molar-refractivity contribution in [3.63, 3.8) is 0 Å². The number of aryl methyl sites for hydroxylation is 2. The number of Topliss-reactive ketones (excluding diaryl/α,β-unsaturated/α-hetero) is 1. The van der Waals surface area contributed by atoms with Crippen LogP contribution in [0.3, 0.4) is 0 Å². The number of rotatable bonds is 5. The van der Waals surface area contributed by atoms with Crippen molar-refractivity contribution < 1.29 is 24.2 Å². The molecule has 1 saturated heterocycles. The van der Waals surface area contributed by atoms with Gasteiger partial charge < -0.3 is 19.1 Å². The third-order valence-corrected chi connectivity index (χ3v) is 6.61.